The SMILES string of the molecule is CCOC(=O)CC#Cc1cncc(O)c1. The molecule has 0 saturated heterocycles. The van der Waals surface area contributed by atoms with Crippen molar-refractivity contribution in [2.24, 2.45) is 0 Å². The number of esters is 1. The molecule has 0 fully saturated rings. The zero-order valence-electron chi connectivity index (χ0n) is 8.36. The van der Waals surface area contributed by atoms with Crippen LogP contribution in [-0.4, -0.2) is 22.7 Å². The van der Waals surface area contributed by atoms with Crippen molar-refractivity contribution in [3.05, 3.63) is 24.0 Å². The van der Waals surface area contributed by atoms with Crippen LogP contribution in [0.25, 0.3) is 0 Å². The summed E-state index contributed by atoms with van der Waals surface area (Å²) in [5, 5.41) is 9.08. The summed E-state index contributed by atoms with van der Waals surface area (Å²) in [4.78, 5) is 14.7. The van der Waals surface area contributed by atoms with E-state index in [0.29, 0.717) is 12.2 Å². The molecule has 4 heteroatoms. The van der Waals surface area contributed by atoms with Crippen LogP contribution in [-0.2, 0) is 9.53 Å². The number of pyridine rings is 1. The zero-order valence-corrected chi connectivity index (χ0v) is 8.36. The van der Waals surface area contributed by atoms with Gasteiger partial charge in [-0.3, -0.25) is 9.78 Å². The Bertz CT molecular complexity index is 404. The Balaban J connectivity index is 2.55. The monoisotopic (exact) mass is 205 g/mol. The lowest BCUT2D eigenvalue weighted by atomic mass is 10.2. The van der Waals surface area contributed by atoms with Crippen LogP contribution in [0, 0.1) is 11.8 Å². The van der Waals surface area contributed by atoms with Gasteiger partial charge in [-0.1, -0.05) is 11.8 Å². The number of rotatable bonds is 2. The highest BCUT2D eigenvalue weighted by Crippen LogP contribution is 2.06. The molecule has 0 amide bonds. The lowest BCUT2D eigenvalue weighted by molar-refractivity contribution is -0.141. The van der Waals surface area contributed by atoms with Gasteiger partial charge >= 0.3 is 5.97 Å². The number of aromatic hydroxyl groups is 1. The first kappa shape index (κ1) is 11.1. The van der Waals surface area contributed by atoms with E-state index in [1.807, 2.05) is 0 Å². The van der Waals surface area contributed by atoms with Gasteiger partial charge in [0.05, 0.1) is 12.8 Å². The summed E-state index contributed by atoms with van der Waals surface area (Å²) in [7, 11) is 0. The highest BCUT2D eigenvalue weighted by molar-refractivity contribution is 5.72. The first-order chi connectivity index (χ1) is 7.22. The van der Waals surface area contributed by atoms with Gasteiger partial charge in [-0.15, -0.1) is 0 Å². The standard InChI is InChI=1S/C11H11NO3/c1-2-15-11(14)5-3-4-9-6-10(13)8-12-7-9/h6-8,13H,2,5H2,1H3. The molecule has 0 spiro atoms. The van der Waals surface area contributed by atoms with Gasteiger partial charge in [0.25, 0.3) is 0 Å². The van der Waals surface area contributed by atoms with Crippen molar-refractivity contribution in [1.82, 2.24) is 4.98 Å². The Morgan fingerprint density at radius 1 is 1.60 bits per heavy atom. The van der Waals surface area contributed by atoms with Crippen molar-refractivity contribution in [3.8, 4) is 17.6 Å². The highest BCUT2D eigenvalue weighted by Gasteiger charge is 1.96. The molecule has 0 unspecified atom stereocenters. The molecule has 1 rings (SSSR count). The smallest absolute Gasteiger partial charge is 0.317 e. The quantitative estimate of drug-likeness (QED) is 0.580. The second-order valence-electron chi connectivity index (χ2n) is 2.72. The van der Waals surface area contributed by atoms with Gasteiger partial charge in [0, 0.05) is 11.8 Å². The van der Waals surface area contributed by atoms with Gasteiger partial charge < -0.3 is 9.84 Å². The third-order valence-electron chi connectivity index (χ3n) is 1.49. The topological polar surface area (TPSA) is 59.4 Å². The van der Waals surface area contributed by atoms with Crippen molar-refractivity contribution in [2.75, 3.05) is 6.61 Å². The average Bonchev–Trinajstić information content (AvgIpc) is 2.18. The van der Waals surface area contributed by atoms with Gasteiger partial charge in [0.1, 0.15) is 12.2 Å². The van der Waals surface area contributed by atoms with Crippen molar-refractivity contribution < 1.29 is 14.6 Å². The van der Waals surface area contributed by atoms with E-state index < -0.39 is 0 Å². The summed E-state index contributed by atoms with van der Waals surface area (Å²) in [6.45, 7) is 2.10. The van der Waals surface area contributed by atoms with E-state index in [1.54, 1.807) is 6.92 Å². The second kappa shape index (κ2) is 5.66. The minimum atomic E-state index is -0.349. The molecule has 0 atom stereocenters. The van der Waals surface area contributed by atoms with Crippen molar-refractivity contribution in [2.45, 2.75) is 13.3 Å². The molecule has 0 aliphatic carbocycles. The van der Waals surface area contributed by atoms with Crippen LogP contribution < -0.4 is 0 Å². The number of carbonyl (C=O) groups is 1. The van der Waals surface area contributed by atoms with E-state index >= 15 is 0 Å². The molecule has 0 bridgehead atoms. The summed E-state index contributed by atoms with van der Waals surface area (Å²) >= 11 is 0. The van der Waals surface area contributed by atoms with Gasteiger partial charge in [-0.05, 0) is 13.0 Å². The lowest BCUT2D eigenvalue weighted by Gasteiger charge is -1.94. The van der Waals surface area contributed by atoms with Crippen LogP contribution in [0.5, 0.6) is 5.75 Å². The van der Waals surface area contributed by atoms with Gasteiger partial charge in [0.15, 0.2) is 0 Å². The number of carbonyl (C=O) groups excluding carboxylic acids is 1. The molecule has 1 heterocycles. The normalized spacial score (nSPS) is 8.87. The van der Waals surface area contributed by atoms with E-state index in [4.69, 9.17) is 9.84 Å². The fourth-order valence-electron chi connectivity index (χ4n) is 0.927. The van der Waals surface area contributed by atoms with Crippen molar-refractivity contribution in [1.29, 1.82) is 0 Å². The molecule has 4 nitrogen and oxygen atoms in total. The van der Waals surface area contributed by atoms with Gasteiger partial charge in [-0.25, -0.2) is 0 Å². The van der Waals surface area contributed by atoms with E-state index in [1.165, 1.54) is 18.5 Å². The molecule has 1 aromatic rings. The third-order valence-corrected chi connectivity index (χ3v) is 1.49. The Morgan fingerprint density at radius 3 is 3.07 bits per heavy atom. The number of nitrogens with zero attached hydrogens (tertiary/aromatic N) is 1. The maximum atomic E-state index is 10.9. The van der Waals surface area contributed by atoms with Gasteiger partial charge in [0.2, 0.25) is 0 Å². The van der Waals surface area contributed by atoms with Gasteiger partial charge in [-0.2, -0.15) is 0 Å². The van der Waals surface area contributed by atoms with Crippen LogP contribution in [0.2, 0.25) is 0 Å². The molecule has 78 valence electrons. The molecule has 0 aliphatic rings. The first-order valence-corrected chi connectivity index (χ1v) is 4.51. The number of hydrogen-bond donors (Lipinski definition) is 1. The van der Waals surface area contributed by atoms with Crippen molar-refractivity contribution >= 4 is 5.97 Å². The largest absolute Gasteiger partial charge is 0.506 e. The van der Waals surface area contributed by atoms with Crippen molar-refractivity contribution in [3.63, 3.8) is 0 Å². The molecule has 15 heavy (non-hydrogen) atoms. The fraction of sp³-hybridized carbons (Fsp3) is 0.273. The van der Waals surface area contributed by atoms with Crippen LogP contribution >= 0.6 is 0 Å². The van der Waals surface area contributed by atoms with E-state index in [0.717, 1.165) is 0 Å². The summed E-state index contributed by atoms with van der Waals surface area (Å²) in [5.41, 5.74) is 0.569. The minimum absolute atomic E-state index is 0.0451. The Labute approximate surface area is 87.9 Å². The number of hydrogen-bond acceptors (Lipinski definition) is 4. The number of aromatic nitrogens is 1. The van der Waals surface area contributed by atoms with Crippen LogP contribution in [0.1, 0.15) is 18.9 Å². The second-order valence-corrected chi connectivity index (χ2v) is 2.72. The van der Waals surface area contributed by atoms with Crippen LogP contribution in [0.15, 0.2) is 18.5 Å². The van der Waals surface area contributed by atoms with E-state index in [-0.39, 0.29) is 18.1 Å². The predicted octanol–water partition coefficient (Wildman–Crippen LogP) is 1.09. The summed E-state index contributed by atoms with van der Waals surface area (Å²) in [5.74, 6) is 5.04. The lowest BCUT2D eigenvalue weighted by Crippen LogP contribution is -2.01. The first-order valence-electron chi connectivity index (χ1n) is 4.51. The molecule has 0 saturated carbocycles. The fourth-order valence-corrected chi connectivity index (χ4v) is 0.927. The number of ether oxygens (including phenoxy) is 1. The summed E-state index contributed by atoms with van der Waals surface area (Å²) in [6.07, 6.45) is 2.87. The van der Waals surface area contributed by atoms with E-state index in [2.05, 4.69) is 16.8 Å². The molecule has 0 aliphatic heterocycles. The highest BCUT2D eigenvalue weighted by atomic mass is 16.5. The summed E-state index contributed by atoms with van der Waals surface area (Å²) < 4.78 is 4.70. The molecule has 1 N–H and O–H groups in total. The zero-order chi connectivity index (χ0) is 11.1. The average molecular weight is 205 g/mol. The Morgan fingerprint density at radius 2 is 2.40 bits per heavy atom. The van der Waals surface area contributed by atoms with E-state index in [9.17, 15) is 4.79 Å². The Hall–Kier alpha value is -2.02. The molecular formula is C11H11NO3. The maximum Gasteiger partial charge on any atom is 0.317 e. The predicted molar refractivity (Wildman–Crippen MR) is 54.0 cm³/mol. The summed E-state index contributed by atoms with van der Waals surface area (Å²) in [6, 6.07) is 1.48. The minimum Gasteiger partial charge on any atom is -0.506 e. The van der Waals surface area contributed by atoms with Crippen LogP contribution in [0.3, 0.4) is 0 Å². The maximum absolute atomic E-state index is 10.9. The van der Waals surface area contributed by atoms with Crippen LogP contribution in [0.4, 0.5) is 0 Å². The third kappa shape index (κ3) is 4.14. The molecule has 1 aromatic heterocycles. The molecule has 0 radical (unpaired) electrons. The molecular weight excluding hydrogens is 194 g/mol. The molecule has 0 aromatic carbocycles. The Kier molecular flexibility index (Phi) is 4.17.